The zero-order valence-corrected chi connectivity index (χ0v) is 9.70. The van der Waals surface area contributed by atoms with Gasteiger partial charge >= 0.3 is 0 Å². The Morgan fingerprint density at radius 1 is 1.50 bits per heavy atom. The maximum atomic E-state index is 5.79. The molecule has 4 heteroatoms. The van der Waals surface area contributed by atoms with Crippen LogP contribution in [0.5, 0.6) is 5.88 Å². The van der Waals surface area contributed by atoms with E-state index in [0.717, 1.165) is 18.7 Å². The highest BCUT2D eigenvalue weighted by Crippen LogP contribution is 2.34. The van der Waals surface area contributed by atoms with Crippen molar-refractivity contribution in [1.29, 1.82) is 0 Å². The van der Waals surface area contributed by atoms with Gasteiger partial charge in [0, 0.05) is 12.6 Å². The number of anilines is 1. The Kier molecular flexibility index (Phi) is 3.29. The molecule has 1 fully saturated rings. The van der Waals surface area contributed by atoms with Crippen molar-refractivity contribution in [3.63, 3.8) is 0 Å². The van der Waals surface area contributed by atoms with E-state index in [-0.39, 0.29) is 5.54 Å². The lowest BCUT2D eigenvalue weighted by atomic mass is 9.77. The van der Waals surface area contributed by atoms with E-state index in [4.69, 9.17) is 10.5 Å². The van der Waals surface area contributed by atoms with E-state index in [1.165, 1.54) is 6.42 Å². The molecule has 0 amide bonds. The predicted molar refractivity (Wildman–Crippen MR) is 64.7 cm³/mol. The third-order valence-corrected chi connectivity index (χ3v) is 3.11. The van der Waals surface area contributed by atoms with Gasteiger partial charge in [0.25, 0.3) is 0 Å². The number of hydrogen-bond donors (Lipinski definition) is 2. The van der Waals surface area contributed by atoms with Crippen LogP contribution >= 0.6 is 0 Å². The van der Waals surface area contributed by atoms with Gasteiger partial charge in [-0.3, -0.25) is 0 Å². The largest absolute Gasteiger partial charge is 0.478 e. The molecule has 88 valence electrons. The van der Waals surface area contributed by atoms with Gasteiger partial charge in [0.1, 0.15) is 5.82 Å². The van der Waals surface area contributed by atoms with Gasteiger partial charge in [-0.2, -0.15) is 4.98 Å². The number of nitrogens with zero attached hydrogens (tertiary/aromatic N) is 1. The van der Waals surface area contributed by atoms with Crippen molar-refractivity contribution in [2.24, 2.45) is 5.73 Å². The summed E-state index contributed by atoms with van der Waals surface area (Å²) < 4.78 is 5.36. The second kappa shape index (κ2) is 4.70. The van der Waals surface area contributed by atoms with E-state index in [9.17, 15) is 0 Å². The maximum absolute atomic E-state index is 5.79. The lowest BCUT2D eigenvalue weighted by Gasteiger charge is -2.42. The highest BCUT2D eigenvalue weighted by Gasteiger charge is 2.35. The molecule has 0 bridgehead atoms. The molecule has 0 unspecified atom stereocenters. The van der Waals surface area contributed by atoms with Crippen molar-refractivity contribution in [3.05, 3.63) is 18.2 Å². The summed E-state index contributed by atoms with van der Waals surface area (Å²) in [5.74, 6) is 1.52. The maximum Gasteiger partial charge on any atom is 0.215 e. The van der Waals surface area contributed by atoms with Crippen LogP contribution in [0.15, 0.2) is 18.2 Å². The number of nitrogens with two attached hydrogens (primary N) is 1. The van der Waals surface area contributed by atoms with Crippen molar-refractivity contribution >= 4 is 5.82 Å². The molecule has 0 aliphatic heterocycles. The van der Waals surface area contributed by atoms with Gasteiger partial charge in [-0.25, -0.2) is 0 Å². The first-order valence-corrected chi connectivity index (χ1v) is 5.86. The third kappa shape index (κ3) is 2.27. The first-order valence-electron chi connectivity index (χ1n) is 5.86. The number of aromatic nitrogens is 1. The van der Waals surface area contributed by atoms with Crippen LogP contribution in [-0.2, 0) is 0 Å². The van der Waals surface area contributed by atoms with E-state index in [2.05, 4.69) is 10.3 Å². The third-order valence-electron chi connectivity index (χ3n) is 3.11. The van der Waals surface area contributed by atoms with E-state index in [1.54, 1.807) is 0 Å². The Morgan fingerprint density at radius 2 is 2.31 bits per heavy atom. The summed E-state index contributed by atoms with van der Waals surface area (Å²) >= 11 is 0. The van der Waals surface area contributed by atoms with Crippen molar-refractivity contribution < 1.29 is 4.74 Å². The minimum Gasteiger partial charge on any atom is -0.478 e. The van der Waals surface area contributed by atoms with Gasteiger partial charge in [-0.15, -0.1) is 0 Å². The van der Waals surface area contributed by atoms with E-state index in [0.29, 0.717) is 19.0 Å². The number of pyridine rings is 1. The second-order valence-corrected chi connectivity index (χ2v) is 4.26. The zero-order chi connectivity index (χ0) is 11.4. The van der Waals surface area contributed by atoms with Crippen LogP contribution < -0.4 is 15.8 Å². The molecule has 0 saturated heterocycles. The lowest BCUT2D eigenvalue weighted by molar-refractivity contribution is 0.285. The normalized spacial score (nSPS) is 17.6. The summed E-state index contributed by atoms with van der Waals surface area (Å²) in [5, 5.41) is 3.42. The van der Waals surface area contributed by atoms with Gasteiger partial charge in [0.05, 0.1) is 12.1 Å². The van der Waals surface area contributed by atoms with Crippen LogP contribution in [0, 0.1) is 0 Å². The quantitative estimate of drug-likeness (QED) is 0.795. The minimum absolute atomic E-state index is 0.0673. The van der Waals surface area contributed by atoms with E-state index < -0.39 is 0 Å². The highest BCUT2D eigenvalue weighted by atomic mass is 16.5. The first-order chi connectivity index (χ1) is 7.78. The Hall–Kier alpha value is -1.29. The number of hydrogen-bond acceptors (Lipinski definition) is 4. The predicted octanol–water partition coefficient (Wildman–Crippen LogP) is 1.77. The van der Waals surface area contributed by atoms with Crippen LogP contribution in [0.1, 0.15) is 26.2 Å². The number of ether oxygens (including phenoxy) is 1. The van der Waals surface area contributed by atoms with Gasteiger partial charge in [0.15, 0.2) is 0 Å². The van der Waals surface area contributed by atoms with Crippen LogP contribution in [0.3, 0.4) is 0 Å². The molecule has 1 heterocycles. The molecule has 1 aromatic rings. The fourth-order valence-electron chi connectivity index (χ4n) is 1.97. The standard InChI is InChI=1S/C12H19N3O/c1-2-16-11-6-3-5-10(14-11)15-12(9-13)7-4-8-12/h3,5-6H,2,4,7-9,13H2,1H3,(H,14,15). The molecule has 1 aliphatic rings. The number of nitrogens with one attached hydrogen (secondary N) is 1. The summed E-state index contributed by atoms with van der Waals surface area (Å²) in [6.45, 7) is 3.25. The zero-order valence-electron chi connectivity index (χ0n) is 9.70. The monoisotopic (exact) mass is 221 g/mol. The fraction of sp³-hybridized carbons (Fsp3) is 0.583. The van der Waals surface area contributed by atoms with Crippen molar-refractivity contribution in [2.45, 2.75) is 31.7 Å². The Labute approximate surface area is 96.2 Å². The lowest BCUT2D eigenvalue weighted by Crippen LogP contribution is -2.51. The molecule has 1 saturated carbocycles. The van der Waals surface area contributed by atoms with Gasteiger partial charge < -0.3 is 15.8 Å². The van der Waals surface area contributed by atoms with E-state index >= 15 is 0 Å². The molecule has 2 rings (SSSR count). The fourth-order valence-corrected chi connectivity index (χ4v) is 1.97. The topological polar surface area (TPSA) is 60.2 Å². The molecule has 1 aliphatic carbocycles. The Morgan fingerprint density at radius 3 is 2.88 bits per heavy atom. The molecule has 0 radical (unpaired) electrons. The van der Waals surface area contributed by atoms with E-state index in [1.807, 2.05) is 25.1 Å². The van der Waals surface area contributed by atoms with Gasteiger partial charge in [0.2, 0.25) is 5.88 Å². The second-order valence-electron chi connectivity index (χ2n) is 4.26. The molecule has 1 aromatic heterocycles. The molecule has 0 spiro atoms. The van der Waals surface area contributed by atoms with Crippen molar-refractivity contribution in [3.8, 4) is 5.88 Å². The van der Waals surface area contributed by atoms with Crippen LogP contribution in [0.25, 0.3) is 0 Å². The Balaban J connectivity index is 2.05. The summed E-state index contributed by atoms with van der Waals surface area (Å²) in [5.41, 5.74) is 5.86. The van der Waals surface area contributed by atoms with Crippen LogP contribution in [0.2, 0.25) is 0 Å². The smallest absolute Gasteiger partial charge is 0.215 e. The SMILES string of the molecule is CCOc1cccc(NC2(CN)CCC2)n1. The summed E-state index contributed by atoms with van der Waals surface area (Å²) in [6, 6.07) is 5.77. The summed E-state index contributed by atoms with van der Waals surface area (Å²) in [6.07, 6.45) is 3.50. The molecule has 0 atom stereocenters. The molecule has 4 nitrogen and oxygen atoms in total. The highest BCUT2D eigenvalue weighted by molar-refractivity contribution is 5.41. The van der Waals surface area contributed by atoms with Gasteiger partial charge in [-0.05, 0) is 32.3 Å². The minimum atomic E-state index is 0.0673. The first kappa shape index (κ1) is 11.2. The average molecular weight is 221 g/mol. The molecular formula is C12H19N3O. The molecule has 3 N–H and O–H groups in total. The molecule has 0 aromatic carbocycles. The van der Waals surface area contributed by atoms with Crippen LogP contribution in [0.4, 0.5) is 5.82 Å². The Bertz CT molecular complexity index is 344. The summed E-state index contributed by atoms with van der Waals surface area (Å²) in [7, 11) is 0. The molecule has 16 heavy (non-hydrogen) atoms. The van der Waals surface area contributed by atoms with Crippen LogP contribution in [-0.4, -0.2) is 23.7 Å². The van der Waals surface area contributed by atoms with Crippen molar-refractivity contribution in [2.75, 3.05) is 18.5 Å². The number of rotatable bonds is 5. The summed E-state index contributed by atoms with van der Waals surface area (Å²) in [4.78, 5) is 4.39. The molecular weight excluding hydrogens is 202 g/mol. The van der Waals surface area contributed by atoms with Crippen molar-refractivity contribution in [1.82, 2.24) is 4.98 Å². The van der Waals surface area contributed by atoms with Gasteiger partial charge in [-0.1, -0.05) is 6.07 Å². The average Bonchev–Trinajstić information content (AvgIpc) is 2.25.